The Hall–Kier alpha value is -0.370. The van der Waals surface area contributed by atoms with Crippen molar-refractivity contribution in [2.45, 2.75) is 26.4 Å². The van der Waals surface area contributed by atoms with Gasteiger partial charge in [0.05, 0.1) is 5.54 Å². The first-order valence-corrected chi connectivity index (χ1v) is 3.14. The van der Waals surface area contributed by atoms with E-state index in [9.17, 15) is 0 Å². The Bertz CT molecular complexity index is 115. The Kier molecular flexibility index (Phi) is 2.85. The van der Waals surface area contributed by atoms with Crippen molar-refractivity contribution in [3.8, 4) is 0 Å². The molecule has 0 unspecified atom stereocenters. The molecule has 0 heterocycles. The molecule has 0 amide bonds. The fraction of sp³-hybridized carbons (Fsp3) is 0.667. The highest BCUT2D eigenvalue weighted by molar-refractivity contribution is 6.25. The van der Waals surface area contributed by atoms with Crippen LogP contribution in [0.5, 0.6) is 0 Å². The second-order valence-corrected chi connectivity index (χ2v) is 2.94. The smallest absolute Gasteiger partial charge is 0.196 e. The Labute approximate surface area is 60.6 Å². The topological polar surface area (TPSA) is 35.2 Å². The van der Waals surface area contributed by atoms with E-state index in [0.717, 1.165) is 0 Å². The zero-order valence-electron chi connectivity index (χ0n) is 5.94. The second-order valence-electron chi connectivity index (χ2n) is 2.73. The molecule has 0 spiro atoms. The van der Waals surface area contributed by atoms with E-state index in [1.54, 1.807) is 0 Å². The number of hydrogen-bond donors (Lipinski definition) is 1. The SMILES string of the molecule is CC(C)(C)OC(N)=CCl. The largest absolute Gasteiger partial charge is 0.473 e. The summed E-state index contributed by atoms with van der Waals surface area (Å²) in [4.78, 5) is 0. The lowest BCUT2D eigenvalue weighted by Gasteiger charge is -2.20. The zero-order valence-corrected chi connectivity index (χ0v) is 6.70. The first-order chi connectivity index (χ1) is 3.95. The number of halogens is 1. The van der Waals surface area contributed by atoms with Crippen molar-refractivity contribution < 1.29 is 4.74 Å². The van der Waals surface area contributed by atoms with Gasteiger partial charge in [-0.2, -0.15) is 0 Å². The van der Waals surface area contributed by atoms with Gasteiger partial charge in [-0.3, -0.25) is 0 Å². The van der Waals surface area contributed by atoms with Crippen molar-refractivity contribution in [2.75, 3.05) is 0 Å². The van der Waals surface area contributed by atoms with Gasteiger partial charge in [0.2, 0.25) is 0 Å². The molecule has 0 aromatic rings. The summed E-state index contributed by atoms with van der Waals surface area (Å²) < 4.78 is 5.09. The molecule has 0 fully saturated rings. The lowest BCUT2D eigenvalue weighted by molar-refractivity contribution is 0.0510. The summed E-state index contributed by atoms with van der Waals surface area (Å²) in [6.07, 6.45) is 0. The average Bonchev–Trinajstić information content (AvgIpc) is 1.62. The molecule has 2 nitrogen and oxygen atoms in total. The third-order valence-electron chi connectivity index (χ3n) is 0.532. The molecule has 0 aliphatic heterocycles. The van der Waals surface area contributed by atoms with Crippen LogP contribution in [0.1, 0.15) is 20.8 Å². The monoisotopic (exact) mass is 149 g/mol. The van der Waals surface area contributed by atoms with Crippen LogP contribution in [0.3, 0.4) is 0 Å². The quantitative estimate of drug-likeness (QED) is 0.577. The van der Waals surface area contributed by atoms with Crippen molar-refractivity contribution in [1.29, 1.82) is 0 Å². The van der Waals surface area contributed by atoms with Gasteiger partial charge in [-0.15, -0.1) is 0 Å². The van der Waals surface area contributed by atoms with E-state index in [1.807, 2.05) is 20.8 Å². The minimum atomic E-state index is -0.254. The van der Waals surface area contributed by atoms with E-state index >= 15 is 0 Å². The van der Waals surface area contributed by atoms with E-state index in [2.05, 4.69) is 0 Å². The number of nitrogens with two attached hydrogens (primary N) is 1. The van der Waals surface area contributed by atoms with Gasteiger partial charge in [-0.25, -0.2) is 0 Å². The highest BCUT2D eigenvalue weighted by Crippen LogP contribution is 2.09. The van der Waals surface area contributed by atoms with Crippen LogP contribution in [-0.2, 0) is 4.74 Å². The molecule has 3 heteroatoms. The van der Waals surface area contributed by atoms with E-state index in [0.29, 0.717) is 0 Å². The molecule has 0 rings (SSSR count). The summed E-state index contributed by atoms with van der Waals surface area (Å²) in [6, 6.07) is 0. The summed E-state index contributed by atoms with van der Waals surface area (Å²) in [7, 11) is 0. The summed E-state index contributed by atoms with van der Waals surface area (Å²) in [6.45, 7) is 5.71. The highest BCUT2D eigenvalue weighted by atomic mass is 35.5. The first kappa shape index (κ1) is 8.63. The molecule has 0 aliphatic rings. The van der Waals surface area contributed by atoms with Crippen LogP contribution in [0.25, 0.3) is 0 Å². The van der Waals surface area contributed by atoms with E-state index in [1.165, 1.54) is 5.54 Å². The van der Waals surface area contributed by atoms with Gasteiger partial charge in [-0.05, 0) is 20.8 Å². The molecule has 0 aromatic heterocycles. The minimum absolute atomic E-state index is 0.254. The summed E-state index contributed by atoms with van der Waals surface area (Å²) in [5.41, 5.74) is 6.23. The van der Waals surface area contributed by atoms with Gasteiger partial charge in [0, 0.05) is 0 Å². The predicted octanol–water partition coefficient (Wildman–Crippen LogP) is 1.80. The number of hydrogen-bond acceptors (Lipinski definition) is 2. The number of rotatable bonds is 1. The van der Waals surface area contributed by atoms with Crippen LogP contribution in [-0.4, -0.2) is 5.60 Å². The van der Waals surface area contributed by atoms with E-state index < -0.39 is 0 Å². The molecule has 0 aliphatic carbocycles. The molecule has 0 radical (unpaired) electrons. The predicted molar refractivity (Wildman–Crippen MR) is 39.0 cm³/mol. The molecule has 9 heavy (non-hydrogen) atoms. The van der Waals surface area contributed by atoms with Gasteiger partial charge < -0.3 is 10.5 Å². The standard InChI is InChI=1S/C6H12ClNO/c1-6(2,3)9-5(8)4-7/h4H,8H2,1-3H3. The fourth-order valence-electron chi connectivity index (χ4n) is 0.376. The fourth-order valence-corrected chi connectivity index (χ4v) is 0.420. The molecule has 0 atom stereocenters. The van der Waals surface area contributed by atoms with E-state index in [-0.39, 0.29) is 11.5 Å². The van der Waals surface area contributed by atoms with Crippen molar-refractivity contribution in [3.63, 3.8) is 0 Å². The van der Waals surface area contributed by atoms with Crippen molar-refractivity contribution in [2.24, 2.45) is 5.73 Å². The van der Waals surface area contributed by atoms with Gasteiger partial charge >= 0.3 is 0 Å². The highest BCUT2D eigenvalue weighted by Gasteiger charge is 2.10. The molecule has 54 valence electrons. The first-order valence-electron chi connectivity index (χ1n) is 2.70. The Morgan fingerprint density at radius 3 is 2.11 bits per heavy atom. The molecular formula is C6H12ClNO. The normalized spacial score (nSPS) is 13.6. The second kappa shape index (κ2) is 2.97. The lowest BCUT2D eigenvalue weighted by Crippen LogP contribution is -2.21. The summed E-state index contributed by atoms with van der Waals surface area (Å²) in [5.74, 6) is 0.254. The Morgan fingerprint density at radius 1 is 1.56 bits per heavy atom. The molecule has 0 saturated carbocycles. The van der Waals surface area contributed by atoms with Crippen molar-refractivity contribution >= 4 is 11.6 Å². The van der Waals surface area contributed by atoms with Gasteiger partial charge in [0.1, 0.15) is 5.60 Å². The zero-order chi connectivity index (χ0) is 7.49. The van der Waals surface area contributed by atoms with Gasteiger partial charge in [-0.1, -0.05) is 11.6 Å². The molecular weight excluding hydrogens is 138 g/mol. The molecule has 0 saturated heterocycles. The van der Waals surface area contributed by atoms with Crippen molar-refractivity contribution in [1.82, 2.24) is 0 Å². The maximum atomic E-state index is 5.27. The van der Waals surface area contributed by atoms with Crippen LogP contribution < -0.4 is 5.73 Å². The molecule has 2 N–H and O–H groups in total. The van der Waals surface area contributed by atoms with Crippen LogP contribution in [0.2, 0.25) is 0 Å². The Morgan fingerprint density at radius 2 is 2.00 bits per heavy atom. The van der Waals surface area contributed by atoms with Crippen LogP contribution in [0, 0.1) is 0 Å². The summed E-state index contributed by atoms with van der Waals surface area (Å²) in [5, 5.41) is 0. The third-order valence-corrected chi connectivity index (χ3v) is 0.747. The lowest BCUT2D eigenvalue weighted by atomic mass is 10.2. The van der Waals surface area contributed by atoms with Crippen LogP contribution in [0.4, 0.5) is 0 Å². The maximum Gasteiger partial charge on any atom is 0.196 e. The average molecular weight is 150 g/mol. The van der Waals surface area contributed by atoms with Gasteiger partial charge in [0.25, 0.3) is 0 Å². The third kappa shape index (κ3) is 5.50. The summed E-state index contributed by atoms with van der Waals surface area (Å²) >= 11 is 5.25. The number of ether oxygens (including phenoxy) is 1. The Balaban J connectivity index is 3.75. The maximum absolute atomic E-state index is 5.27. The van der Waals surface area contributed by atoms with Crippen LogP contribution in [0.15, 0.2) is 11.4 Å². The van der Waals surface area contributed by atoms with Crippen LogP contribution >= 0.6 is 11.6 Å². The van der Waals surface area contributed by atoms with Gasteiger partial charge in [0.15, 0.2) is 5.88 Å². The van der Waals surface area contributed by atoms with Crippen molar-refractivity contribution in [3.05, 3.63) is 11.4 Å². The van der Waals surface area contributed by atoms with E-state index in [4.69, 9.17) is 22.1 Å². The molecule has 0 aromatic carbocycles. The minimum Gasteiger partial charge on any atom is -0.473 e. The molecule has 0 bridgehead atoms.